The summed E-state index contributed by atoms with van der Waals surface area (Å²) in [7, 11) is 0. The van der Waals surface area contributed by atoms with Gasteiger partial charge in [-0.05, 0) is 24.1 Å². The molecule has 1 amide bonds. The van der Waals surface area contributed by atoms with Crippen LogP contribution in [0, 0.1) is 6.92 Å². The summed E-state index contributed by atoms with van der Waals surface area (Å²) >= 11 is 0. The predicted molar refractivity (Wildman–Crippen MR) is 73.4 cm³/mol. The largest absolute Gasteiger partial charge is 0.394 e. The van der Waals surface area contributed by atoms with Crippen LogP contribution in [0.2, 0.25) is 0 Å². The van der Waals surface area contributed by atoms with Gasteiger partial charge in [-0.25, -0.2) is 0 Å². The normalized spacial score (nSPS) is 11.9. The lowest BCUT2D eigenvalue weighted by atomic mass is 10.0. The number of pyridine rings is 1. The van der Waals surface area contributed by atoms with Crippen molar-refractivity contribution in [2.75, 3.05) is 6.61 Å². The molecule has 2 rings (SSSR count). The summed E-state index contributed by atoms with van der Waals surface area (Å²) in [6.07, 6.45) is 2.36. The van der Waals surface area contributed by atoms with Crippen LogP contribution in [0.5, 0.6) is 0 Å². The van der Waals surface area contributed by atoms with Crippen LogP contribution in [-0.4, -0.2) is 23.1 Å². The van der Waals surface area contributed by atoms with Crippen LogP contribution >= 0.6 is 0 Å². The molecule has 0 saturated carbocycles. The molecule has 1 aromatic heterocycles. The van der Waals surface area contributed by atoms with Crippen molar-refractivity contribution in [3.8, 4) is 11.1 Å². The monoisotopic (exact) mass is 256 g/mol. The molecule has 0 aliphatic heterocycles. The number of carbonyl (C=O) groups is 1. The molecular weight excluding hydrogens is 240 g/mol. The number of nitrogens with zero attached hydrogens (tertiary/aromatic N) is 1. The summed E-state index contributed by atoms with van der Waals surface area (Å²) in [4.78, 5) is 14.7. The average Bonchev–Trinajstić information content (AvgIpc) is 2.46. The van der Waals surface area contributed by atoms with Gasteiger partial charge in [-0.2, -0.15) is 0 Å². The van der Waals surface area contributed by atoms with Crippen LogP contribution in [0.1, 0.15) is 17.3 Å². The van der Waals surface area contributed by atoms with Gasteiger partial charge in [0.1, 0.15) is 0 Å². The summed E-state index contributed by atoms with van der Waals surface area (Å²) in [6.45, 7) is 1.84. The Balaban J connectivity index is 2.28. The number of nitrogens with one attached hydrogen (secondary N) is 1. The first-order chi connectivity index (χ1) is 9.26. The van der Waals surface area contributed by atoms with Crippen LogP contribution in [0.4, 0.5) is 0 Å². The first-order valence-electron chi connectivity index (χ1n) is 6.08. The third-order valence-corrected chi connectivity index (χ3v) is 3.08. The van der Waals surface area contributed by atoms with Crippen molar-refractivity contribution in [3.05, 3.63) is 53.9 Å². The number of amides is 1. The standard InChI is InChI=1S/C15H16N2O2/c1-11-14(3-2-8-16-11)12-4-6-13(7-5-12)15(9-18)17-10-19/h2-8,10,15,18H,9H2,1H3,(H,17,19). The second kappa shape index (κ2) is 6.11. The molecule has 1 aromatic carbocycles. The Bertz CT molecular complexity index is 552. The molecule has 98 valence electrons. The lowest BCUT2D eigenvalue weighted by Gasteiger charge is -2.14. The second-order valence-corrected chi connectivity index (χ2v) is 4.28. The minimum absolute atomic E-state index is 0.121. The highest BCUT2D eigenvalue weighted by Gasteiger charge is 2.09. The third-order valence-electron chi connectivity index (χ3n) is 3.08. The summed E-state index contributed by atoms with van der Waals surface area (Å²) in [5, 5.41) is 11.8. The average molecular weight is 256 g/mol. The van der Waals surface area contributed by atoms with Crippen molar-refractivity contribution in [2.45, 2.75) is 13.0 Å². The van der Waals surface area contributed by atoms with Gasteiger partial charge >= 0.3 is 0 Å². The van der Waals surface area contributed by atoms with Gasteiger partial charge in [0.25, 0.3) is 0 Å². The molecular formula is C15H16N2O2. The molecule has 0 radical (unpaired) electrons. The Morgan fingerprint density at radius 1 is 1.32 bits per heavy atom. The van der Waals surface area contributed by atoms with Crippen LogP contribution in [0.15, 0.2) is 42.6 Å². The molecule has 1 heterocycles. The van der Waals surface area contributed by atoms with E-state index in [9.17, 15) is 9.90 Å². The summed E-state index contributed by atoms with van der Waals surface area (Å²) in [5.41, 5.74) is 4.00. The highest BCUT2D eigenvalue weighted by molar-refractivity contribution is 5.65. The predicted octanol–water partition coefficient (Wildman–Crippen LogP) is 1.84. The van der Waals surface area contributed by atoms with Gasteiger partial charge in [-0.15, -0.1) is 0 Å². The molecule has 19 heavy (non-hydrogen) atoms. The SMILES string of the molecule is Cc1ncccc1-c1ccc(C(CO)NC=O)cc1. The maximum Gasteiger partial charge on any atom is 0.207 e. The highest BCUT2D eigenvalue weighted by atomic mass is 16.3. The zero-order valence-electron chi connectivity index (χ0n) is 10.7. The maximum absolute atomic E-state index is 10.5. The molecule has 1 atom stereocenters. The van der Waals surface area contributed by atoms with E-state index in [1.807, 2.05) is 43.3 Å². The Morgan fingerprint density at radius 2 is 2.05 bits per heavy atom. The molecule has 0 aliphatic carbocycles. The fourth-order valence-corrected chi connectivity index (χ4v) is 2.02. The summed E-state index contributed by atoms with van der Waals surface area (Å²) < 4.78 is 0. The van der Waals surface area contributed by atoms with Gasteiger partial charge in [0.2, 0.25) is 6.41 Å². The summed E-state index contributed by atoms with van der Waals surface area (Å²) in [6, 6.07) is 11.3. The first kappa shape index (κ1) is 13.2. The topological polar surface area (TPSA) is 62.2 Å². The smallest absolute Gasteiger partial charge is 0.207 e. The van der Waals surface area contributed by atoms with Crippen molar-refractivity contribution >= 4 is 6.41 Å². The van der Waals surface area contributed by atoms with E-state index in [0.717, 1.165) is 22.4 Å². The van der Waals surface area contributed by atoms with E-state index in [1.54, 1.807) is 6.20 Å². The lowest BCUT2D eigenvalue weighted by Crippen LogP contribution is -2.22. The highest BCUT2D eigenvalue weighted by Crippen LogP contribution is 2.23. The van der Waals surface area contributed by atoms with Gasteiger partial charge < -0.3 is 10.4 Å². The molecule has 4 nitrogen and oxygen atoms in total. The second-order valence-electron chi connectivity index (χ2n) is 4.28. The Kier molecular flexibility index (Phi) is 4.26. The fraction of sp³-hybridized carbons (Fsp3) is 0.200. The van der Waals surface area contributed by atoms with E-state index in [1.165, 1.54) is 0 Å². The van der Waals surface area contributed by atoms with E-state index >= 15 is 0 Å². The minimum Gasteiger partial charge on any atom is -0.394 e. The maximum atomic E-state index is 10.5. The quantitative estimate of drug-likeness (QED) is 0.802. The van der Waals surface area contributed by atoms with Crippen molar-refractivity contribution in [1.29, 1.82) is 0 Å². The lowest BCUT2D eigenvalue weighted by molar-refractivity contribution is -0.110. The van der Waals surface area contributed by atoms with Crippen LogP contribution in [0.3, 0.4) is 0 Å². The Hall–Kier alpha value is -2.20. The molecule has 2 aromatic rings. The van der Waals surface area contributed by atoms with Crippen molar-refractivity contribution < 1.29 is 9.90 Å². The van der Waals surface area contributed by atoms with E-state index in [2.05, 4.69) is 10.3 Å². The van der Waals surface area contributed by atoms with E-state index < -0.39 is 0 Å². The fourth-order valence-electron chi connectivity index (χ4n) is 2.02. The van der Waals surface area contributed by atoms with Gasteiger partial charge in [-0.1, -0.05) is 30.3 Å². The molecule has 0 fully saturated rings. The molecule has 0 aliphatic rings. The number of hydrogen-bond donors (Lipinski definition) is 2. The van der Waals surface area contributed by atoms with Crippen LogP contribution in [-0.2, 0) is 4.79 Å². The van der Waals surface area contributed by atoms with Crippen molar-refractivity contribution in [2.24, 2.45) is 0 Å². The number of benzene rings is 1. The Labute approximate surface area is 112 Å². The van der Waals surface area contributed by atoms with Gasteiger partial charge in [0.05, 0.1) is 12.6 Å². The number of hydrogen-bond acceptors (Lipinski definition) is 3. The Morgan fingerprint density at radius 3 is 2.63 bits per heavy atom. The first-order valence-corrected chi connectivity index (χ1v) is 6.08. The zero-order chi connectivity index (χ0) is 13.7. The molecule has 0 spiro atoms. The van der Waals surface area contributed by atoms with Crippen molar-refractivity contribution in [3.63, 3.8) is 0 Å². The van der Waals surface area contributed by atoms with E-state index in [-0.39, 0.29) is 12.6 Å². The number of aryl methyl sites for hydroxylation is 1. The number of aromatic nitrogens is 1. The van der Waals surface area contributed by atoms with Gasteiger partial charge in [0.15, 0.2) is 0 Å². The third kappa shape index (κ3) is 2.98. The number of aliphatic hydroxyl groups is 1. The van der Waals surface area contributed by atoms with Gasteiger partial charge in [0, 0.05) is 17.5 Å². The number of carbonyl (C=O) groups excluding carboxylic acids is 1. The van der Waals surface area contributed by atoms with Gasteiger partial charge in [-0.3, -0.25) is 9.78 Å². The molecule has 1 unspecified atom stereocenters. The van der Waals surface area contributed by atoms with Crippen molar-refractivity contribution in [1.82, 2.24) is 10.3 Å². The molecule has 0 saturated heterocycles. The van der Waals surface area contributed by atoms with E-state index in [0.29, 0.717) is 6.41 Å². The molecule has 0 bridgehead atoms. The molecule has 2 N–H and O–H groups in total. The molecule has 4 heteroatoms. The van der Waals surface area contributed by atoms with E-state index in [4.69, 9.17) is 0 Å². The van der Waals surface area contributed by atoms with Crippen LogP contribution in [0.25, 0.3) is 11.1 Å². The number of aliphatic hydroxyl groups excluding tert-OH is 1. The number of rotatable bonds is 5. The minimum atomic E-state index is -0.360. The summed E-state index contributed by atoms with van der Waals surface area (Å²) in [5.74, 6) is 0. The zero-order valence-corrected chi connectivity index (χ0v) is 10.7. The van der Waals surface area contributed by atoms with Crippen LogP contribution < -0.4 is 5.32 Å².